The average molecular weight is 606 g/mol. The molecule has 2 aliphatic heterocycles. The Labute approximate surface area is 245 Å². The molecule has 10 N–H and O–H groups in total. The third kappa shape index (κ3) is 7.49. The number of phenolic OH excluding ortho intramolecular Hbond substituents is 1. The second-order valence-electron chi connectivity index (χ2n) is 9.86. The highest BCUT2D eigenvalue weighted by Gasteiger charge is 2.45. The van der Waals surface area contributed by atoms with Crippen molar-refractivity contribution in [2.75, 3.05) is 43.9 Å². The molecule has 0 radical (unpaired) electrons. The van der Waals surface area contributed by atoms with Gasteiger partial charge in [0, 0.05) is 36.5 Å². The van der Waals surface area contributed by atoms with Gasteiger partial charge in [-0.15, -0.1) is 0 Å². The van der Waals surface area contributed by atoms with Crippen molar-refractivity contribution in [2.45, 2.75) is 36.7 Å². The number of hydrogen-bond donors (Lipinski definition) is 9. The van der Waals surface area contributed by atoms with Gasteiger partial charge < -0.3 is 51.4 Å². The molecular weight excluding hydrogens is 570 g/mol. The summed E-state index contributed by atoms with van der Waals surface area (Å²) < 4.78 is 11.4. The quantitative estimate of drug-likeness (QED) is 0.0825. The fourth-order valence-electron chi connectivity index (χ4n) is 4.60. The molecule has 2 aromatic rings. The number of amidine groups is 1. The third-order valence-corrected chi connectivity index (χ3v) is 7.78. The van der Waals surface area contributed by atoms with Gasteiger partial charge in [0.1, 0.15) is 47.8 Å². The number of carbonyl (C=O) groups is 2. The number of phenols is 1. The van der Waals surface area contributed by atoms with Crippen LogP contribution in [0.3, 0.4) is 0 Å². The lowest BCUT2D eigenvalue weighted by Gasteiger charge is -2.40. The second kappa shape index (κ2) is 14.2. The van der Waals surface area contributed by atoms with Gasteiger partial charge in [0.05, 0.1) is 18.8 Å². The van der Waals surface area contributed by atoms with Gasteiger partial charge in [-0.1, -0.05) is 30.0 Å². The summed E-state index contributed by atoms with van der Waals surface area (Å²) in [4.78, 5) is 27.3. The van der Waals surface area contributed by atoms with Gasteiger partial charge in [-0.2, -0.15) is 0 Å². The van der Waals surface area contributed by atoms with Crippen LogP contribution in [0.25, 0.3) is 0 Å². The van der Waals surface area contributed by atoms with Crippen molar-refractivity contribution >= 4 is 34.3 Å². The summed E-state index contributed by atoms with van der Waals surface area (Å²) in [6.07, 6.45) is -7.64. The Kier molecular flexibility index (Phi) is 10.6. The Balaban J connectivity index is 1.61. The molecule has 1 amide bonds. The SMILES string of the molecule is N=C(N)c1ccc(O)c(NC(C(=O)NCCN2CCSC(=O)C2)c2ccccc2OC2OC(CO)C(O)C(O)C2O)c1. The number of aliphatic hydroxyl groups is 4. The zero-order valence-corrected chi connectivity index (χ0v) is 23.4. The summed E-state index contributed by atoms with van der Waals surface area (Å²) in [6, 6.07) is 9.32. The number of aromatic hydroxyl groups is 1. The van der Waals surface area contributed by atoms with Crippen LogP contribution < -0.4 is 21.1 Å². The summed E-state index contributed by atoms with van der Waals surface area (Å²) in [7, 11) is 0. The van der Waals surface area contributed by atoms with Crippen LogP contribution >= 0.6 is 11.8 Å². The number of nitrogens with zero attached hydrogens (tertiary/aromatic N) is 1. The number of carbonyl (C=O) groups excluding carboxylic acids is 2. The maximum Gasteiger partial charge on any atom is 0.247 e. The van der Waals surface area contributed by atoms with E-state index in [2.05, 4.69) is 10.6 Å². The number of para-hydroxylation sites is 1. The summed E-state index contributed by atoms with van der Waals surface area (Å²) in [5.74, 6) is -0.250. The van der Waals surface area contributed by atoms with Crippen molar-refractivity contribution < 1.29 is 44.6 Å². The molecule has 2 saturated heterocycles. The standard InChI is InChI=1S/C27H35N5O9S/c28-25(29)14-5-6-17(34)16(11-14)31-21(26(39)30-7-8-32-9-10-42-20(35)12-32)15-3-1-2-4-18(15)40-27-24(38)23(37)22(36)19(13-33)41-27/h1-6,11,19,21-24,27,31,33-34,36-38H,7-10,12-13H2,(H3,28,29)(H,30,39). The largest absolute Gasteiger partial charge is 0.506 e. The fourth-order valence-corrected chi connectivity index (χ4v) is 5.45. The second-order valence-corrected chi connectivity index (χ2v) is 11.0. The average Bonchev–Trinajstić information content (AvgIpc) is 2.97. The molecule has 6 unspecified atom stereocenters. The van der Waals surface area contributed by atoms with E-state index in [1.165, 1.54) is 36.0 Å². The minimum Gasteiger partial charge on any atom is -0.506 e. The highest BCUT2D eigenvalue weighted by molar-refractivity contribution is 8.13. The number of aliphatic hydroxyl groups excluding tert-OH is 4. The number of ether oxygens (including phenoxy) is 2. The molecule has 0 saturated carbocycles. The molecule has 14 nitrogen and oxygen atoms in total. The first-order valence-electron chi connectivity index (χ1n) is 13.2. The Bertz CT molecular complexity index is 1280. The summed E-state index contributed by atoms with van der Waals surface area (Å²) in [5, 5.41) is 64.5. The van der Waals surface area contributed by atoms with Crippen molar-refractivity contribution in [2.24, 2.45) is 5.73 Å². The summed E-state index contributed by atoms with van der Waals surface area (Å²) in [6.45, 7) is 0.980. The number of hydrogen-bond acceptors (Lipinski definition) is 13. The number of nitrogen functional groups attached to an aromatic ring is 1. The van der Waals surface area contributed by atoms with Crippen molar-refractivity contribution in [1.82, 2.24) is 10.2 Å². The van der Waals surface area contributed by atoms with E-state index >= 15 is 0 Å². The van der Waals surface area contributed by atoms with Gasteiger partial charge in [-0.25, -0.2) is 0 Å². The van der Waals surface area contributed by atoms with Crippen molar-refractivity contribution in [3.63, 3.8) is 0 Å². The molecule has 0 bridgehead atoms. The number of nitrogens with one attached hydrogen (secondary N) is 3. The van der Waals surface area contributed by atoms with Gasteiger partial charge >= 0.3 is 0 Å². The first-order chi connectivity index (χ1) is 20.1. The van der Waals surface area contributed by atoms with Crippen molar-refractivity contribution in [3.05, 3.63) is 53.6 Å². The molecule has 42 heavy (non-hydrogen) atoms. The highest BCUT2D eigenvalue weighted by atomic mass is 32.2. The molecule has 2 aromatic carbocycles. The van der Waals surface area contributed by atoms with Gasteiger partial charge in [-0.05, 0) is 24.3 Å². The first kappa shape index (κ1) is 31.5. The Morgan fingerprint density at radius 2 is 1.95 bits per heavy atom. The predicted molar refractivity (Wildman–Crippen MR) is 153 cm³/mol. The number of nitrogens with two attached hydrogens (primary N) is 1. The highest BCUT2D eigenvalue weighted by Crippen LogP contribution is 2.34. The Morgan fingerprint density at radius 1 is 1.19 bits per heavy atom. The van der Waals surface area contributed by atoms with Crippen LogP contribution in [0.5, 0.6) is 11.5 Å². The van der Waals surface area contributed by atoms with E-state index in [1.807, 2.05) is 4.90 Å². The lowest BCUT2D eigenvalue weighted by molar-refractivity contribution is -0.277. The lowest BCUT2D eigenvalue weighted by Crippen LogP contribution is -2.60. The number of benzene rings is 2. The fraction of sp³-hybridized carbons (Fsp3) is 0.444. The van der Waals surface area contributed by atoms with Crippen LogP contribution in [0.2, 0.25) is 0 Å². The summed E-state index contributed by atoms with van der Waals surface area (Å²) >= 11 is 1.28. The smallest absolute Gasteiger partial charge is 0.247 e. The topological polar surface area (TPSA) is 231 Å². The van der Waals surface area contributed by atoms with E-state index in [-0.39, 0.29) is 46.8 Å². The van der Waals surface area contributed by atoms with Gasteiger partial charge in [0.25, 0.3) is 0 Å². The first-order valence-corrected chi connectivity index (χ1v) is 14.2. The van der Waals surface area contributed by atoms with E-state index in [9.17, 15) is 35.1 Å². The van der Waals surface area contributed by atoms with E-state index in [1.54, 1.807) is 18.2 Å². The lowest BCUT2D eigenvalue weighted by atomic mass is 9.99. The molecule has 2 aliphatic rings. The van der Waals surface area contributed by atoms with E-state index < -0.39 is 49.3 Å². The van der Waals surface area contributed by atoms with Gasteiger partial charge in [-0.3, -0.25) is 19.9 Å². The molecule has 2 heterocycles. The van der Waals surface area contributed by atoms with Gasteiger partial charge in [0.15, 0.2) is 0 Å². The Hall–Kier alpha value is -3.44. The van der Waals surface area contributed by atoms with E-state index in [0.717, 1.165) is 0 Å². The maximum atomic E-state index is 13.6. The van der Waals surface area contributed by atoms with E-state index in [4.69, 9.17) is 20.6 Å². The number of rotatable bonds is 11. The van der Waals surface area contributed by atoms with Gasteiger partial charge in [0.2, 0.25) is 17.3 Å². The van der Waals surface area contributed by atoms with Crippen molar-refractivity contribution in [1.29, 1.82) is 5.41 Å². The zero-order valence-electron chi connectivity index (χ0n) is 22.6. The van der Waals surface area contributed by atoms with Crippen LogP contribution in [0.4, 0.5) is 5.69 Å². The molecule has 0 aromatic heterocycles. The number of thioether (sulfide) groups is 1. The molecule has 4 rings (SSSR count). The van der Waals surface area contributed by atoms with Crippen molar-refractivity contribution in [3.8, 4) is 11.5 Å². The summed E-state index contributed by atoms with van der Waals surface area (Å²) in [5.41, 5.74) is 6.27. The van der Waals surface area contributed by atoms with Crippen LogP contribution in [0.1, 0.15) is 17.2 Å². The molecular formula is C27H35N5O9S. The van der Waals surface area contributed by atoms with Crippen LogP contribution in [0, 0.1) is 5.41 Å². The molecule has 15 heteroatoms. The molecule has 228 valence electrons. The van der Waals surface area contributed by atoms with Crippen LogP contribution in [-0.4, -0.2) is 117 Å². The molecule has 6 atom stereocenters. The van der Waals surface area contributed by atoms with E-state index in [0.29, 0.717) is 24.4 Å². The normalized spacial score (nSPS) is 25.4. The van der Waals surface area contributed by atoms with Crippen LogP contribution in [0.15, 0.2) is 42.5 Å². The minimum absolute atomic E-state index is 0.0622. The number of amides is 1. The molecule has 0 spiro atoms. The maximum absolute atomic E-state index is 13.6. The number of anilines is 1. The monoisotopic (exact) mass is 605 g/mol. The third-order valence-electron chi connectivity index (χ3n) is 6.94. The Morgan fingerprint density at radius 3 is 2.67 bits per heavy atom. The zero-order chi connectivity index (χ0) is 30.4. The molecule has 0 aliphatic carbocycles. The predicted octanol–water partition coefficient (Wildman–Crippen LogP) is -1.30. The van der Waals surface area contributed by atoms with Crippen LogP contribution in [-0.2, 0) is 14.3 Å². The molecule has 2 fully saturated rings. The minimum atomic E-state index is -1.68.